The van der Waals surface area contributed by atoms with Gasteiger partial charge in [-0.1, -0.05) is 66.4 Å². The average molecular weight is 321 g/mol. The van der Waals surface area contributed by atoms with Crippen molar-refractivity contribution < 1.29 is 8.42 Å². The van der Waals surface area contributed by atoms with E-state index in [1.54, 1.807) is 30.3 Å². The second kappa shape index (κ2) is 6.66. The summed E-state index contributed by atoms with van der Waals surface area (Å²) in [6, 6.07) is 22.2. The zero-order valence-electron chi connectivity index (χ0n) is 12.4. The zero-order valence-corrected chi connectivity index (χ0v) is 13.2. The van der Waals surface area contributed by atoms with Gasteiger partial charge in [-0.05, 0) is 29.0 Å². The first-order chi connectivity index (χ1) is 11.2. The maximum absolute atomic E-state index is 12.1. The molecule has 0 aliphatic carbocycles. The maximum Gasteiger partial charge on any atom is 0.241 e. The molecule has 3 aromatic rings. The van der Waals surface area contributed by atoms with Crippen LogP contribution in [-0.4, -0.2) is 15.0 Å². The molecular formula is C19H15NO2S. The Labute approximate surface area is 136 Å². The summed E-state index contributed by atoms with van der Waals surface area (Å²) in [5.74, 6) is 5.91. The molecule has 0 fully saturated rings. The summed E-state index contributed by atoms with van der Waals surface area (Å²) in [5, 5.41) is 2.18. The van der Waals surface area contributed by atoms with Crippen LogP contribution in [0.5, 0.6) is 0 Å². The molecule has 0 aliphatic rings. The highest BCUT2D eigenvalue weighted by atomic mass is 32.2. The molecule has 3 nitrogen and oxygen atoms in total. The van der Waals surface area contributed by atoms with Crippen LogP contribution in [0.4, 0.5) is 0 Å². The fourth-order valence-electron chi connectivity index (χ4n) is 2.29. The molecule has 0 spiro atoms. The molecule has 0 aromatic heterocycles. The zero-order chi connectivity index (χ0) is 16.1. The van der Waals surface area contributed by atoms with Gasteiger partial charge in [0, 0.05) is 5.56 Å². The van der Waals surface area contributed by atoms with E-state index in [2.05, 4.69) is 16.6 Å². The lowest BCUT2D eigenvalue weighted by molar-refractivity contribution is 0.586. The number of fused-ring (bicyclic) bond motifs is 1. The number of nitrogens with one attached hydrogen (secondary N) is 1. The number of sulfonamides is 1. The van der Waals surface area contributed by atoms with Gasteiger partial charge in [0.2, 0.25) is 10.0 Å². The van der Waals surface area contributed by atoms with Gasteiger partial charge < -0.3 is 0 Å². The van der Waals surface area contributed by atoms with Crippen molar-refractivity contribution in [1.29, 1.82) is 0 Å². The normalized spacial score (nSPS) is 11.0. The molecule has 4 heteroatoms. The van der Waals surface area contributed by atoms with E-state index in [0.29, 0.717) is 0 Å². The minimum Gasteiger partial charge on any atom is -0.207 e. The van der Waals surface area contributed by atoms with E-state index in [-0.39, 0.29) is 11.4 Å². The van der Waals surface area contributed by atoms with Gasteiger partial charge in [0.25, 0.3) is 0 Å². The van der Waals surface area contributed by atoms with Crippen LogP contribution >= 0.6 is 0 Å². The smallest absolute Gasteiger partial charge is 0.207 e. The lowest BCUT2D eigenvalue weighted by atomic mass is 10.1. The van der Waals surface area contributed by atoms with E-state index in [1.165, 1.54) is 0 Å². The first kappa shape index (κ1) is 15.3. The highest BCUT2D eigenvalue weighted by Gasteiger charge is 2.11. The number of rotatable bonds is 3. The molecule has 0 amide bonds. The largest absolute Gasteiger partial charge is 0.241 e. The fourth-order valence-corrected chi connectivity index (χ4v) is 3.23. The van der Waals surface area contributed by atoms with Crippen molar-refractivity contribution >= 4 is 20.8 Å². The van der Waals surface area contributed by atoms with Crippen molar-refractivity contribution in [3.63, 3.8) is 0 Å². The Morgan fingerprint density at radius 2 is 1.52 bits per heavy atom. The SMILES string of the molecule is O=S(=O)(NCC#Cc1cccc2ccccc12)c1ccccc1. The number of hydrogen-bond donors (Lipinski definition) is 1. The molecule has 0 atom stereocenters. The Morgan fingerprint density at radius 3 is 2.35 bits per heavy atom. The van der Waals surface area contributed by atoms with E-state index >= 15 is 0 Å². The van der Waals surface area contributed by atoms with Crippen molar-refractivity contribution in [2.24, 2.45) is 0 Å². The molecule has 0 saturated heterocycles. The number of benzene rings is 3. The van der Waals surface area contributed by atoms with Gasteiger partial charge in [-0.3, -0.25) is 0 Å². The summed E-state index contributed by atoms with van der Waals surface area (Å²) in [4.78, 5) is 0.243. The quantitative estimate of drug-likeness (QED) is 0.753. The molecule has 0 saturated carbocycles. The first-order valence-electron chi connectivity index (χ1n) is 7.18. The predicted molar refractivity (Wildman–Crippen MR) is 92.5 cm³/mol. The molecule has 0 bridgehead atoms. The van der Waals surface area contributed by atoms with Crippen LogP contribution in [0, 0.1) is 11.8 Å². The van der Waals surface area contributed by atoms with Gasteiger partial charge in [0.1, 0.15) is 0 Å². The summed E-state index contributed by atoms with van der Waals surface area (Å²) in [6.07, 6.45) is 0. The molecule has 0 aliphatic heterocycles. The van der Waals surface area contributed by atoms with Gasteiger partial charge >= 0.3 is 0 Å². The molecule has 3 aromatic carbocycles. The van der Waals surface area contributed by atoms with Crippen molar-refractivity contribution in [2.45, 2.75) is 4.90 Å². The van der Waals surface area contributed by atoms with E-state index < -0.39 is 10.0 Å². The average Bonchev–Trinajstić information content (AvgIpc) is 2.59. The van der Waals surface area contributed by atoms with Crippen LogP contribution in [0.2, 0.25) is 0 Å². The highest BCUT2D eigenvalue weighted by molar-refractivity contribution is 7.89. The van der Waals surface area contributed by atoms with E-state index in [1.807, 2.05) is 42.5 Å². The van der Waals surface area contributed by atoms with Crippen LogP contribution < -0.4 is 4.72 Å². The van der Waals surface area contributed by atoms with Gasteiger partial charge in [0.05, 0.1) is 11.4 Å². The van der Waals surface area contributed by atoms with Crippen molar-refractivity contribution in [3.05, 3.63) is 78.4 Å². The molecule has 0 radical (unpaired) electrons. The Morgan fingerprint density at radius 1 is 0.826 bits per heavy atom. The monoisotopic (exact) mass is 321 g/mol. The van der Waals surface area contributed by atoms with Crippen molar-refractivity contribution in [2.75, 3.05) is 6.54 Å². The van der Waals surface area contributed by atoms with Crippen molar-refractivity contribution in [1.82, 2.24) is 4.72 Å². The third-order valence-corrected chi connectivity index (χ3v) is 4.83. The van der Waals surface area contributed by atoms with Crippen LogP contribution in [0.3, 0.4) is 0 Å². The van der Waals surface area contributed by atoms with Crippen molar-refractivity contribution in [3.8, 4) is 11.8 Å². The fraction of sp³-hybridized carbons (Fsp3) is 0.0526. The second-order valence-electron chi connectivity index (χ2n) is 4.97. The van der Waals surface area contributed by atoms with E-state index in [9.17, 15) is 8.42 Å². The Kier molecular flexibility index (Phi) is 4.42. The highest BCUT2D eigenvalue weighted by Crippen LogP contribution is 2.17. The minimum absolute atomic E-state index is 0.0699. The van der Waals surface area contributed by atoms with E-state index in [0.717, 1.165) is 16.3 Å². The lowest BCUT2D eigenvalue weighted by Gasteiger charge is -2.03. The van der Waals surface area contributed by atoms with Gasteiger partial charge in [0.15, 0.2) is 0 Å². The van der Waals surface area contributed by atoms with Crippen LogP contribution in [-0.2, 0) is 10.0 Å². The topological polar surface area (TPSA) is 46.2 Å². The Balaban J connectivity index is 1.76. The van der Waals surface area contributed by atoms with Gasteiger partial charge in [-0.2, -0.15) is 4.72 Å². The molecule has 114 valence electrons. The van der Waals surface area contributed by atoms with Crippen LogP contribution in [0.1, 0.15) is 5.56 Å². The molecular weight excluding hydrogens is 306 g/mol. The van der Waals surface area contributed by atoms with Gasteiger partial charge in [-0.15, -0.1) is 0 Å². The molecule has 1 N–H and O–H groups in total. The minimum atomic E-state index is -3.51. The Bertz CT molecular complexity index is 979. The summed E-state index contributed by atoms with van der Waals surface area (Å²) in [6.45, 7) is 0.0699. The third kappa shape index (κ3) is 3.59. The Hall–Kier alpha value is -2.61. The summed E-state index contributed by atoms with van der Waals surface area (Å²) >= 11 is 0. The molecule has 0 heterocycles. The summed E-state index contributed by atoms with van der Waals surface area (Å²) in [7, 11) is -3.51. The van der Waals surface area contributed by atoms with E-state index in [4.69, 9.17) is 0 Å². The van der Waals surface area contributed by atoms with Crippen LogP contribution in [0.15, 0.2) is 77.7 Å². The third-order valence-electron chi connectivity index (χ3n) is 3.42. The summed E-state index contributed by atoms with van der Waals surface area (Å²) in [5.41, 5.74) is 0.891. The number of hydrogen-bond acceptors (Lipinski definition) is 2. The van der Waals surface area contributed by atoms with Gasteiger partial charge in [-0.25, -0.2) is 8.42 Å². The van der Waals surface area contributed by atoms with Crippen LogP contribution in [0.25, 0.3) is 10.8 Å². The predicted octanol–water partition coefficient (Wildman–Crippen LogP) is 3.17. The second-order valence-corrected chi connectivity index (χ2v) is 6.73. The lowest BCUT2D eigenvalue weighted by Crippen LogP contribution is -2.23. The molecule has 23 heavy (non-hydrogen) atoms. The molecule has 3 rings (SSSR count). The summed E-state index contributed by atoms with van der Waals surface area (Å²) < 4.78 is 26.6. The standard InChI is InChI=1S/C19H15NO2S/c21-23(22,18-12-2-1-3-13-18)20-15-7-11-17-10-6-9-16-8-4-5-14-19(16)17/h1-6,8-10,12-14,20H,15H2. The maximum atomic E-state index is 12.1. The first-order valence-corrected chi connectivity index (χ1v) is 8.66. The molecule has 0 unspecified atom stereocenters.